The van der Waals surface area contributed by atoms with Crippen molar-refractivity contribution in [2.24, 2.45) is 5.41 Å². The monoisotopic (exact) mass is 334 g/mol. The molecule has 1 saturated heterocycles. The number of pyridine rings is 1. The van der Waals surface area contributed by atoms with Crippen LogP contribution in [0.1, 0.15) is 25.0 Å². The Morgan fingerprint density at radius 1 is 1.25 bits per heavy atom. The number of fused-ring (bicyclic) bond motifs is 1. The summed E-state index contributed by atoms with van der Waals surface area (Å²) in [6.07, 6.45) is -0.826. The van der Waals surface area contributed by atoms with Gasteiger partial charge in [-0.1, -0.05) is 24.3 Å². The fraction of sp³-hybridized carbons (Fsp3) is 0.444. The molecule has 0 aliphatic carbocycles. The van der Waals surface area contributed by atoms with E-state index < -0.39 is 24.2 Å². The number of hydrogen-bond acceptors (Lipinski definition) is 3. The number of benzene rings is 1. The van der Waals surface area contributed by atoms with Gasteiger partial charge in [0.1, 0.15) is 0 Å². The molecule has 0 saturated carbocycles. The highest BCUT2D eigenvalue weighted by Crippen LogP contribution is 2.37. The maximum atomic E-state index is 12.7. The average Bonchev–Trinajstić information content (AvgIpc) is 2.56. The van der Waals surface area contributed by atoms with Crippen molar-refractivity contribution in [1.29, 1.82) is 0 Å². The van der Waals surface area contributed by atoms with Gasteiger partial charge in [0.15, 0.2) is 0 Å². The Morgan fingerprint density at radius 3 is 2.54 bits per heavy atom. The molecule has 24 heavy (non-hydrogen) atoms. The third-order valence-corrected chi connectivity index (χ3v) is 4.89. The first-order valence-corrected chi connectivity index (χ1v) is 8.06. The lowest BCUT2D eigenvalue weighted by atomic mass is 9.76. The minimum atomic E-state index is -2.59. The first-order chi connectivity index (χ1) is 11.5. The van der Waals surface area contributed by atoms with Crippen LogP contribution in [-0.4, -0.2) is 40.5 Å². The number of aromatic nitrogens is 1. The number of aliphatic carboxylic acids is 1. The molecule has 2 heterocycles. The van der Waals surface area contributed by atoms with Gasteiger partial charge in [-0.25, -0.2) is 8.78 Å². The van der Waals surface area contributed by atoms with E-state index in [1.807, 2.05) is 36.5 Å². The molecular formula is C18H20F2N2O2. The van der Waals surface area contributed by atoms with E-state index >= 15 is 0 Å². The SMILES string of the molecule is O=C(O)C1(CC(F)F)CCN(Cc2cc3ccccc3cn2)CC1. The van der Waals surface area contributed by atoms with Crippen molar-refractivity contribution in [3.8, 4) is 0 Å². The molecule has 3 rings (SSSR count). The number of carbonyl (C=O) groups is 1. The smallest absolute Gasteiger partial charge is 0.309 e. The van der Waals surface area contributed by atoms with E-state index in [2.05, 4.69) is 9.88 Å². The van der Waals surface area contributed by atoms with Gasteiger partial charge in [-0.3, -0.25) is 14.7 Å². The summed E-state index contributed by atoms with van der Waals surface area (Å²) >= 11 is 0. The highest BCUT2D eigenvalue weighted by molar-refractivity contribution is 5.81. The first kappa shape index (κ1) is 16.8. The highest BCUT2D eigenvalue weighted by atomic mass is 19.3. The molecule has 0 bridgehead atoms. The van der Waals surface area contributed by atoms with E-state index in [-0.39, 0.29) is 12.8 Å². The third kappa shape index (κ3) is 3.53. The van der Waals surface area contributed by atoms with Crippen molar-refractivity contribution in [2.45, 2.75) is 32.2 Å². The zero-order valence-corrected chi connectivity index (χ0v) is 13.3. The Kier molecular flexibility index (Phi) is 4.76. The molecule has 2 aromatic rings. The number of alkyl halides is 2. The number of hydrogen-bond donors (Lipinski definition) is 1. The van der Waals surface area contributed by atoms with E-state index in [0.717, 1.165) is 16.5 Å². The summed E-state index contributed by atoms with van der Waals surface area (Å²) in [6, 6.07) is 9.97. The molecule has 4 nitrogen and oxygen atoms in total. The van der Waals surface area contributed by atoms with Gasteiger partial charge in [-0.15, -0.1) is 0 Å². The van der Waals surface area contributed by atoms with Crippen LogP contribution in [0.4, 0.5) is 8.78 Å². The van der Waals surface area contributed by atoms with E-state index in [1.54, 1.807) is 0 Å². The second kappa shape index (κ2) is 6.81. The maximum absolute atomic E-state index is 12.7. The fourth-order valence-electron chi connectivity index (χ4n) is 3.38. The molecule has 128 valence electrons. The Balaban J connectivity index is 1.66. The van der Waals surface area contributed by atoms with Crippen LogP contribution in [-0.2, 0) is 11.3 Å². The predicted molar refractivity (Wildman–Crippen MR) is 86.9 cm³/mol. The van der Waals surface area contributed by atoms with Crippen LogP contribution in [0.15, 0.2) is 36.5 Å². The van der Waals surface area contributed by atoms with E-state index in [1.165, 1.54) is 0 Å². The Labute approximate surface area is 139 Å². The highest BCUT2D eigenvalue weighted by Gasteiger charge is 2.43. The van der Waals surface area contributed by atoms with Crippen LogP contribution in [0.25, 0.3) is 10.8 Å². The summed E-state index contributed by atoms with van der Waals surface area (Å²) in [5.74, 6) is -1.11. The van der Waals surface area contributed by atoms with Crippen LogP contribution in [0.3, 0.4) is 0 Å². The number of carboxylic acids is 1. The van der Waals surface area contributed by atoms with Gasteiger partial charge in [0.05, 0.1) is 11.1 Å². The number of rotatable bonds is 5. The number of nitrogens with zero attached hydrogens (tertiary/aromatic N) is 2. The molecule has 1 aromatic carbocycles. The number of halogens is 2. The van der Waals surface area contributed by atoms with Crippen LogP contribution >= 0.6 is 0 Å². The summed E-state index contributed by atoms with van der Waals surface area (Å²) in [4.78, 5) is 18.0. The molecule has 0 atom stereocenters. The summed E-state index contributed by atoms with van der Waals surface area (Å²) < 4.78 is 25.5. The van der Waals surface area contributed by atoms with Crippen molar-refractivity contribution in [3.63, 3.8) is 0 Å². The number of carboxylic acid groups (broad SMARTS) is 1. The van der Waals surface area contributed by atoms with Gasteiger partial charge in [0, 0.05) is 24.5 Å². The topological polar surface area (TPSA) is 53.4 Å². The molecular weight excluding hydrogens is 314 g/mol. The quantitative estimate of drug-likeness (QED) is 0.908. The van der Waals surface area contributed by atoms with Gasteiger partial charge in [0.25, 0.3) is 0 Å². The minimum Gasteiger partial charge on any atom is -0.481 e. The summed E-state index contributed by atoms with van der Waals surface area (Å²) in [6.45, 7) is 1.59. The molecule has 1 aliphatic heterocycles. The largest absolute Gasteiger partial charge is 0.481 e. The standard InChI is InChI=1S/C18H20F2N2O2/c19-16(20)10-18(17(23)24)5-7-22(8-6-18)12-15-9-13-3-1-2-4-14(13)11-21-15/h1-4,9,11,16H,5-8,10,12H2,(H,23,24). The second-order valence-electron chi connectivity index (χ2n) is 6.48. The summed E-state index contributed by atoms with van der Waals surface area (Å²) in [7, 11) is 0. The normalized spacial score (nSPS) is 18.1. The van der Waals surface area contributed by atoms with Crippen LogP contribution in [0.2, 0.25) is 0 Å². The predicted octanol–water partition coefficient (Wildman–Crippen LogP) is 3.56. The minimum absolute atomic E-state index is 0.250. The van der Waals surface area contributed by atoms with Gasteiger partial charge < -0.3 is 5.11 Å². The van der Waals surface area contributed by atoms with Gasteiger partial charge in [-0.05, 0) is 37.4 Å². The molecule has 1 aromatic heterocycles. The summed E-state index contributed by atoms with van der Waals surface area (Å²) in [5.41, 5.74) is -0.382. The molecule has 1 aliphatic rings. The van der Waals surface area contributed by atoms with Crippen molar-refractivity contribution in [2.75, 3.05) is 13.1 Å². The lowest BCUT2D eigenvalue weighted by Crippen LogP contribution is -2.45. The zero-order valence-electron chi connectivity index (χ0n) is 13.3. The van der Waals surface area contributed by atoms with Gasteiger partial charge in [0.2, 0.25) is 6.43 Å². The van der Waals surface area contributed by atoms with E-state index in [0.29, 0.717) is 19.6 Å². The van der Waals surface area contributed by atoms with Gasteiger partial charge >= 0.3 is 5.97 Å². The fourth-order valence-corrected chi connectivity index (χ4v) is 3.38. The zero-order chi connectivity index (χ0) is 17.2. The molecule has 0 radical (unpaired) electrons. The van der Waals surface area contributed by atoms with E-state index in [9.17, 15) is 18.7 Å². The third-order valence-electron chi connectivity index (χ3n) is 4.89. The molecule has 0 spiro atoms. The van der Waals surface area contributed by atoms with Crippen molar-refractivity contribution >= 4 is 16.7 Å². The molecule has 0 unspecified atom stereocenters. The molecule has 1 fully saturated rings. The molecule has 1 N–H and O–H groups in total. The Hall–Kier alpha value is -2.08. The number of piperidine rings is 1. The van der Waals surface area contributed by atoms with Crippen LogP contribution < -0.4 is 0 Å². The van der Waals surface area contributed by atoms with Gasteiger partial charge in [-0.2, -0.15) is 0 Å². The number of likely N-dealkylation sites (tertiary alicyclic amines) is 1. The van der Waals surface area contributed by atoms with E-state index in [4.69, 9.17) is 0 Å². The average molecular weight is 334 g/mol. The van der Waals surface area contributed by atoms with Crippen molar-refractivity contribution < 1.29 is 18.7 Å². The Bertz CT molecular complexity index is 728. The molecule has 6 heteroatoms. The molecule has 0 amide bonds. The maximum Gasteiger partial charge on any atom is 0.309 e. The lowest BCUT2D eigenvalue weighted by molar-refractivity contribution is -0.155. The van der Waals surface area contributed by atoms with Crippen LogP contribution in [0.5, 0.6) is 0 Å². The van der Waals surface area contributed by atoms with Crippen LogP contribution in [0, 0.1) is 5.41 Å². The first-order valence-electron chi connectivity index (χ1n) is 8.06. The van der Waals surface area contributed by atoms with Crippen molar-refractivity contribution in [3.05, 3.63) is 42.2 Å². The summed E-state index contributed by atoms with van der Waals surface area (Å²) in [5, 5.41) is 11.5. The Morgan fingerprint density at radius 2 is 1.92 bits per heavy atom. The van der Waals surface area contributed by atoms with Crippen molar-refractivity contribution in [1.82, 2.24) is 9.88 Å². The lowest BCUT2D eigenvalue weighted by Gasteiger charge is -2.38. The second-order valence-corrected chi connectivity index (χ2v) is 6.48.